The molecule has 1 heterocycles. The minimum Gasteiger partial charge on any atom is -0.459 e. The molecule has 1 aromatic rings. The lowest BCUT2D eigenvalue weighted by Crippen LogP contribution is -2.46. The molecule has 0 aliphatic carbocycles. The number of hydrogen-bond acceptors (Lipinski definition) is 5. The standard InChI is InChI=1S/C26H39N3O3/c1-7-11-21(18(2)28-19(3)30)14-23-22(16-27)15-24(25(31)32-26(4,5)6)29(23)17-20-12-9-8-10-13-20/h8-10,12-13,18,21-24H,7,11,14-15,17H2,1-6H3,(H,28,30). The maximum atomic E-state index is 13.1. The van der Waals surface area contributed by atoms with Crippen LogP contribution < -0.4 is 5.32 Å². The van der Waals surface area contributed by atoms with E-state index in [1.165, 1.54) is 6.92 Å². The normalized spacial score (nSPS) is 23.2. The van der Waals surface area contributed by atoms with E-state index < -0.39 is 11.6 Å². The van der Waals surface area contributed by atoms with Crippen molar-refractivity contribution < 1.29 is 14.3 Å². The third-order valence-electron chi connectivity index (χ3n) is 6.16. The van der Waals surface area contributed by atoms with Crippen molar-refractivity contribution in [2.24, 2.45) is 11.8 Å². The first-order valence-electron chi connectivity index (χ1n) is 11.7. The number of carbonyl (C=O) groups is 2. The van der Waals surface area contributed by atoms with Crippen LogP contribution in [0.25, 0.3) is 0 Å². The van der Waals surface area contributed by atoms with Crippen molar-refractivity contribution in [1.29, 1.82) is 5.26 Å². The van der Waals surface area contributed by atoms with Crippen LogP contribution in [0.15, 0.2) is 30.3 Å². The summed E-state index contributed by atoms with van der Waals surface area (Å²) in [5, 5.41) is 13.0. The van der Waals surface area contributed by atoms with Gasteiger partial charge in [0.05, 0.1) is 12.0 Å². The van der Waals surface area contributed by atoms with Gasteiger partial charge in [-0.15, -0.1) is 0 Å². The molecule has 1 saturated heterocycles. The Kier molecular flexibility index (Phi) is 9.27. The fraction of sp³-hybridized carbons (Fsp3) is 0.654. The molecule has 1 amide bonds. The van der Waals surface area contributed by atoms with E-state index in [-0.39, 0.29) is 35.8 Å². The molecule has 0 aromatic heterocycles. The Bertz CT molecular complexity index is 797. The summed E-state index contributed by atoms with van der Waals surface area (Å²) in [6.45, 7) is 11.9. The number of rotatable bonds is 9. The summed E-state index contributed by atoms with van der Waals surface area (Å²) in [5.41, 5.74) is 0.520. The Balaban J connectivity index is 2.35. The van der Waals surface area contributed by atoms with Crippen molar-refractivity contribution in [3.8, 4) is 6.07 Å². The van der Waals surface area contributed by atoms with Gasteiger partial charge in [0.15, 0.2) is 0 Å². The Morgan fingerprint density at radius 2 is 1.94 bits per heavy atom. The number of nitrogens with zero attached hydrogens (tertiary/aromatic N) is 2. The lowest BCUT2D eigenvalue weighted by molar-refractivity contribution is -0.161. The first-order valence-corrected chi connectivity index (χ1v) is 11.7. The quantitative estimate of drug-likeness (QED) is 0.573. The monoisotopic (exact) mass is 441 g/mol. The SMILES string of the molecule is CCCC(CC1C(C#N)CC(C(=O)OC(C)(C)C)N1Cc1ccccc1)C(C)NC(C)=O. The van der Waals surface area contributed by atoms with Gasteiger partial charge in [-0.3, -0.25) is 14.5 Å². The van der Waals surface area contributed by atoms with Gasteiger partial charge in [0, 0.05) is 25.6 Å². The van der Waals surface area contributed by atoms with Gasteiger partial charge in [-0.2, -0.15) is 5.26 Å². The minimum atomic E-state index is -0.583. The van der Waals surface area contributed by atoms with Gasteiger partial charge >= 0.3 is 5.97 Å². The lowest BCUT2D eigenvalue weighted by atomic mass is 9.85. The van der Waals surface area contributed by atoms with Crippen LogP contribution >= 0.6 is 0 Å². The zero-order chi connectivity index (χ0) is 23.9. The molecule has 0 spiro atoms. The predicted molar refractivity (Wildman–Crippen MR) is 125 cm³/mol. The van der Waals surface area contributed by atoms with Crippen LogP contribution in [0.2, 0.25) is 0 Å². The largest absolute Gasteiger partial charge is 0.459 e. The second-order valence-corrected chi connectivity index (χ2v) is 10.0. The maximum Gasteiger partial charge on any atom is 0.323 e. The molecule has 1 aliphatic heterocycles. The minimum absolute atomic E-state index is 0.00550. The third-order valence-corrected chi connectivity index (χ3v) is 6.16. The van der Waals surface area contributed by atoms with E-state index in [0.717, 1.165) is 24.8 Å². The zero-order valence-electron chi connectivity index (χ0n) is 20.4. The van der Waals surface area contributed by atoms with Gasteiger partial charge in [-0.25, -0.2) is 0 Å². The highest BCUT2D eigenvalue weighted by Crippen LogP contribution is 2.37. The number of benzene rings is 1. The summed E-state index contributed by atoms with van der Waals surface area (Å²) >= 11 is 0. The first-order chi connectivity index (χ1) is 15.1. The second kappa shape index (κ2) is 11.5. The molecule has 32 heavy (non-hydrogen) atoms. The highest BCUT2D eigenvalue weighted by atomic mass is 16.6. The van der Waals surface area contributed by atoms with E-state index in [2.05, 4.69) is 23.2 Å². The average molecular weight is 442 g/mol. The van der Waals surface area contributed by atoms with E-state index in [4.69, 9.17) is 4.74 Å². The first kappa shape index (κ1) is 25.9. The van der Waals surface area contributed by atoms with Crippen LogP contribution in [0.5, 0.6) is 0 Å². The Labute approximate surface area is 193 Å². The predicted octanol–water partition coefficient (Wildman–Crippen LogP) is 4.44. The molecule has 2 rings (SSSR count). The summed E-state index contributed by atoms with van der Waals surface area (Å²) in [4.78, 5) is 27.0. The van der Waals surface area contributed by atoms with Crippen LogP contribution in [0.4, 0.5) is 0 Å². The molecular formula is C26H39N3O3. The van der Waals surface area contributed by atoms with E-state index in [9.17, 15) is 14.9 Å². The van der Waals surface area contributed by atoms with E-state index in [0.29, 0.717) is 13.0 Å². The Morgan fingerprint density at radius 1 is 1.28 bits per heavy atom. The molecule has 6 heteroatoms. The summed E-state index contributed by atoms with van der Waals surface area (Å²) in [7, 11) is 0. The van der Waals surface area contributed by atoms with E-state index >= 15 is 0 Å². The summed E-state index contributed by atoms with van der Waals surface area (Å²) < 4.78 is 5.74. The summed E-state index contributed by atoms with van der Waals surface area (Å²) in [6.07, 6.45) is 3.16. The van der Waals surface area contributed by atoms with E-state index in [1.54, 1.807) is 0 Å². The zero-order valence-corrected chi connectivity index (χ0v) is 20.4. The molecule has 6 nitrogen and oxygen atoms in total. The lowest BCUT2D eigenvalue weighted by Gasteiger charge is -2.35. The van der Waals surface area contributed by atoms with Crippen molar-refractivity contribution in [2.75, 3.05) is 0 Å². The van der Waals surface area contributed by atoms with Crippen molar-refractivity contribution >= 4 is 11.9 Å². The fourth-order valence-electron chi connectivity index (χ4n) is 4.75. The number of nitriles is 1. The van der Waals surface area contributed by atoms with Crippen LogP contribution in [-0.4, -0.2) is 40.5 Å². The fourth-order valence-corrected chi connectivity index (χ4v) is 4.75. The highest BCUT2D eigenvalue weighted by molar-refractivity contribution is 5.77. The van der Waals surface area contributed by atoms with Gasteiger partial charge in [-0.05, 0) is 58.4 Å². The Hall–Kier alpha value is -2.39. The molecule has 1 aliphatic rings. The summed E-state index contributed by atoms with van der Waals surface area (Å²) in [6, 6.07) is 12.0. The van der Waals surface area contributed by atoms with Crippen LogP contribution in [0.1, 0.15) is 72.8 Å². The molecule has 0 radical (unpaired) electrons. The topological polar surface area (TPSA) is 82.4 Å². The number of carbonyl (C=O) groups excluding carboxylic acids is 2. The number of hydrogen-bond donors (Lipinski definition) is 1. The molecule has 1 aromatic carbocycles. The molecular weight excluding hydrogens is 402 g/mol. The number of nitrogens with one attached hydrogen (secondary N) is 1. The van der Waals surface area contributed by atoms with Crippen molar-refractivity contribution in [3.05, 3.63) is 35.9 Å². The third kappa shape index (κ3) is 7.34. The van der Waals surface area contributed by atoms with Crippen molar-refractivity contribution in [1.82, 2.24) is 10.2 Å². The van der Waals surface area contributed by atoms with Crippen LogP contribution in [0.3, 0.4) is 0 Å². The molecule has 0 saturated carbocycles. The molecule has 5 unspecified atom stereocenters. The molecule has 1 N–H and O–H groups in total. The molecule has 176 valence electrons. The number of likely N-dealkylation sites (tertiary alicyclic amines) is 1. The van der Waals surface area contributed by atoms with Gasteiger partial charge < -0.3 is 10.1 Å². The van der Waals surface area contributed by atoms with Crippen LogP contribution in [0, 0.1) is 23.2 Å². The van der Waals surface area contributed by atoms with Gasteiger partial charge in [0.2, 0.25) is 5.91 Å². The summed E-state index contributed by atoms with van der Waals surface area (Å²) in [5.74, 6) is -0.353. The highest BCUT2D eigenvalue weighted by Gasteiger charge is 2.47. The maximum absolute atomic E-state index is 13.1. The van der Waals surface area contributed by atoms with Gasteiger partial charge in [0.1, 0.15) is 11.6 Å². The number of amides is 1. The smallest absolute Gasteiger partial charge is 0.323 e. The van der Waals surface area contributed by atoms with Crippen LogP contribution in [-0.2, 0) is 20.9 Å². The average Bonchev–Trinajstić information content (AvgIpc) is 3.04. The van der Waals surface area contributed by atoms with Crippen molar-refractivity contribution in [3.63, 3.8) is 0 Å². The van der Waals surface area contributed by atoms with Gasteiger partial charge in [-0.1, -0.05) is 43.7 Å². The van der Waals surface area contributed by atoms with Crippen molar-refractivity contribution in [2.45, 2.75) is 97.5 Å². The second-order valence-electron chi connectivity index (χ2n) is 10.0. The van der Waals surface area contributed by atoms with Gasteiger partial charge in [0.25, 0.3) is 0 Å². The van der Waals surface area contributed by atoms with E-state index in [1.807, 2.05) is 58.0 Å². The molecule has 5 atom stereocenters. The molecule has 0 bridgehead atoms. The Morgan fingerprint density at radius 3 is 2.47 bits per heavy atom. The number of esters is 1. The number of ether oxygens (including phenoxy) is 1. The molecule has 1 fully saturated rings.